The molecule has 1 atom stereocenters. The maximum absolute atomic E-state index is 12.3. The third-order valence-corrected chi connectivity index (χ3v) is 7.28. The number of carboxylic acid groups (broad SMARTS) is 1. The van der Waals surface area contributed by atoms with Crippen LogP contribution in [0.25, 0.3) is 11.1 Å². The van der Waals surface area contributed by atoms with E-state index in [1.54, 1.807) is 0 Å². The van der Waals surface area contributed by atoms with Crippen molar-refractivity contribution in [2.24, 2.45) is 17.8 Å². The fourth-order valence-corrected chi connectivity index (χ4v) is 5.26. The van der Waals surface area contributed by atoms with E-state index in [9.17, 15) is 14.4 Å². The Bertz CT molecular complexity index is 1060. The van der Waals surface area contributed by atoms with Gasteiger partial charge in [-0.1, -0.05) is 48.5 Å². The van der Waals surface area contributed by atoms with E-state index in [1.165, 1.54) is 22.3 Å². The molecule has 2 amide bonds. The van der Waals surface area contributed by atoms with Crippen LogP contribution in [0.2, 0.25) is 0 Å². The van der Waals surface area contributed by atoms with Crippen molar-refractivity contribution in [3.05, 3.63) is 59.7 Å². The zero-order valence-corrected chi connectivity index (χ0v) is 19.4. The molecule has 5 rings (SSSR count). The lowest BCUT2D eigenvalue weighted by Crippen LogP contribution is -2.40. The Morgan fingerprint density at radius 3 is 2.17 bits per heavy atom. The predicted octanol–water partition coefficient (Wildman–Crippen LogP) is 3.85. The fourth-order valence-electron chi connectivity index (χ4n) is 5.26. The normalized spacial score (nSPS) is 21.3. The molecule has 0 radical (unpaired) electrons. The number of nitrogens with one attached hydrogen (secondary N) is 2. The van der Waals surface area contributed by atoms with Crippen molar-refractivity contribution < 1.29 is 29.1 Å². The summed E-state index contributed by atoms with van der Waals surface area (Å²) in [5, 5.41) is 12.0. The van der Waals surface area contributed by atoms with Crippen LogP contribution in [0.15, 0.2) is 48.5 Å². The molecule has 3 N–H and O–H groups in total. The second-order valence-electron chi connectivity index (χ2n) is 9.85. The molecular formula is C27H30N2O6. The molecule has 8 heteroatoms. The van der Waals surface area contributed by atoms with Crippen LogP contribution in [0.4, 0.5) is 4.79 Å². The van der Waals surface area contributed by atoms with E-state index >= 15 is 0 Å². The van der Waals surface area contributed by atoms with Crippen molar-refractivity contribution in [1.29, 1.82) is 0 Å². The molecule has 3 aliphatic carbocycles. The van der Waals surface area contributed by atoms with Crippen molar-refractivity contribution in [3.8, 4) is 11.1 Å². The predicted molar refractivity (Wildman–Crippen MR) is 127 cm³/mol. The van der Waals surface area contributed by atoms with E-state index in [0.29, 0.717) is 18.9 Å². The van der Waals surface area contributed by atoms with Crippen molar-refractivity contribution in [2.75, 3.05) is 13.2 Å². The maximum Gasteiger partial charge on any atom is 0.407 e. The summed E-state index contributed by atoms with van der Waals surface area (Å²) in [6.45, 7) is 0.791. The maximum atomic E-state index is 12.3. The molecule has 0 aromatic heterocycles. The number of carbonyl (C=O) groups is 3. The van der Waals surface area contributed by atoms with Crippen LogP contribution < -0.4 is 10.8 Å². The lowest BCUT2D eigenvalue weighted by molar-refractivity contribution is -0.163. The smallest absolute Gasteiger partial charge is 0.407 e. The lowest BCUT2D eigenvalue weighted by Gasteiger charge is -2.35. The quantitative estimate of drug-likeness (QED) is 0.447. The first-order valence-electron chi connectivity index (χ1n) is 12.3. The minimum atomic E-state index is -1.05. The molecule has 35 heavy (non-hydrogen) atoms. The number of hydroxylamine groups is 1. The van der Waals surface area contributed by atoms with Crippen LogP contribution in [0.1, 0.15) is 49.1 Å². The van der Waals surface area contributed by atoms with Gasteiger partial charge in [0.1, 0.15) is 6.61 Å². The van der Waals surface area contributed by atoms with Gasteiger partial charge in [0.25, 0.3) is 0 Å². The molecule has 2 fully saturated rings. The van der Waals surface area contributed by atoms with Crippen LogP contribution in [-0.2, 0) is 19.2 Å². The summed E-state index contributed by atoms with van der Waals surface area (Å²) in [6, 6.07) is 16.4. The van der Waals surface area contributed by atoms with Crippen LogP contribution in [0.3, 0.4) is 0 Å². The molecule has 3 aliphatic rings. The number of fused-ring (bicyclic) bond motifs is 3. The number of benzene rings is 2. The summed E-state index contributed by atoms with van der Waals surface area (Å²) in [5.74, 6) is -0.822. The number of alkyl carbamates (subject to hydrolysis) is 1. The Kier molecular flexibility index (Phi) is 6.72. The Hall–Kier alpha value is -3.39. The minimum Gasteiger partial charge on any atom is -0.479 e. The number of hydrogen-bond donors (Lipinski definition) is 3. The molecule has 0 spiro atoms. The van der Waals surface area contributed by atoms with E-state index in [2.05, 4.69) is 35.1 Å². The average Bonchev–Trinajstić information content (AvgIpc) is 3.61. The van der Waals surface area contributed by atoms with Gasteiger partial charge in [0, 0.05) is 18.9 Å². The SMILES string of the molecule is O=C(CC1CC(CNC(=O)OCC2c3ccccc3-c3ccccc32)C1)NOC(C(=O)O)C1CC1. The van der Waals surface area contributed by atoms with Gasteiger partial charge in [-0.25, -0.2) is 15.1 Å². The van der Waals surface area contributed by atoms with Gasteiger partial charge < -0.3 is 15.2 Å². The Balaban J connectivity index is 1.00. The van der Waals surface area contributed by atoms with Gasteiger partial charge in [-0.05, 0) is 65.7 Å². The molecule has 0 saturated heterocycles. The van der Waals surface area contributed by atoms with Crippen molar-refractivity contribution in [3.63, 3.8) is 0 Å². The average molecular weight is 479 g/mol. The zero-order valence-electron chi connectivity index (χ0n) is 19.4. The first-order valence-corrected chi connectivity index (χ1v) is 12.3. The van der Waals surface area contributed by atoms with Gasteiger partial charge in [-0.2, -0.15) is 0 Å². The van der Waals surface area contributed by atoms with E-state index in [4.69, 9.17) is 14.7 Å². The second kappa shape index (κ2) is 10.1. The largest absolute Gasteiger partial charge is 0.479 e. The summed E-state index contributed by atoms with van der Waals surface area (Å²) < 4.78 is 5.57. The zero-order chi connectivity index (χ0) is 24.4. The number of carboxylic acids is 1. The highest BCUT2D eigenvalue weighted by Gasteiger charge is 2.38. The van der Waals surface area contributed by atoms with Crippen molar-refractivity contribution in [2.45, 2.75) is 44.1 Å². The summed E-state index contributed by atoms with van der Waals surface area (Å²) in [7, 11) is 0. The third-order valence-electron chi connectivity index (χ3n) is 7.28. The fraction of sp³-hybridized carbons (Fsp3) is 0.444. The summed E-state index contributed by atoms with van der Waals surface area (Å²) >= 11 is 0. The molecule has 0 aliphatic heterocycles. The van der Waals surface area contributed by atoms with E-state index in [1.807, 2.05) is 24.3 Å². The summed E-state index contributed by atoms with van der Waals surface area (Å²) in [5.41, 5.74) is 7.04. The highest BCUT2D eigenvalue weighted by molar-refractivity contribution is 5.79. The Morgan fingerprint density at radius 1 is 0.943 bits per heavy atom. The first-order chi connectivity index (χ1) is 17.0. The van der Waals surface area contributed by atoms with E-state index < -0.39 is 18.2 Å². The van der Waals surface area contributed by atoms with Crippen molar-refractivity contribution in [1.82, 2.24) is 10.8 Å². The number of hydrogen-bond acceptors (Lipinski definition) is 5. The lowest BCUT2D eigenvalue weighted by atomic mass is 9.73. The van der Waals surface area contributed by atoms with Gasteiger partial charge in [0.05, 0.1) is 0 Å². The molecule has 1 unspecified atom stereocenters. The van der Waals surface area contributed by atoms with Gasteiger partial charge in [-0.3, -0.25) is 9.63 Å². The molecule has 2 saturated carbocycles. The molecular weight excluding hydrogens is 448 g/mol. The number of rotatable bonds is 10. The van der Waals surface area contributed by atoms with Crippen LogP contribution >= 0.6 is 0 Å². The van der Waals surface area contributed by atoms with Gasteiger partial charge in [-0.15, -0.1) is 0 Å². The Labute approximate surface area is 204 Å². The highest BCUT2D eigenvalue weighted by Crippen LogP contribution is 2.44. The molecule has 2 aromatic carbocycles. The topological polar surface area (TPSA) is 114 Å². The van der Waals surface area contributed by atoms with E-state index in [-0.39, 0.29) is 30.3 Å². The second-order valence-corrected chi connectivity index (χ2v) is 9.85. The number of ether oxygens (including phenoxy) is 1. The number of amides is 2. The molecule has 0 heterocycles. The van der Waals surface area contributed by atoms with Crippen LogP contribution in [0, 0.1) is 17.8 Å². The highest BCUT2D eigenvalue weighted by atomic mass is 16.7. The summed E-state index contributed by atoms with van der Waals surface area (Å²) in [6.07, 6.45) is 2.17. The summed E-state index contributed by atoms with van der Waals surface area (Å²) in [4.78, 5) is 40.7. The standard InChI is InChI=1S/C27H30N2O6/c30-24(29-35-25(26(31)32)18-9-10-18)13-16-11-17(12-16)14-28-27(33)34-15-23-21-7-3-1-5-19(21)20-6-2-4-8-22(20)23/h1-8,16-18,23,25H,9-15H2,(H,28,33)(H,29,30)(H,31,32). The van der Waals surface area contributed by atoms with Crippen LogP contribution in [-0.4, -0.2) is 42.3 Å². The number of aliphatic carboxylic acids is 1. The molecule has 2 aromatic rings. The Morgan fingerprint density at radius 2 is 1.57 bits per heavy atom. The molecule has 0 bridgehead atoms. The minimum absolute atomic E-state index is 0.00938. The van der Waals surface area contributed by atoms with Gasteiger partial charge in [0.2, 0.25) is 5.91 Å². The first kappa shape index (κ1) is 23.4. The number of carbonyl (C=O) groups excluding carboxylic acids is 2. The molecule has 8 nitrogen and oxygen atoms in total. The monoisotopic (exact) mass is 478 g/mol. The van der Waals surface area contributed by atoms with E-state index in [0.717, 1.165) is 25.7 Å². The van der Waals surface area contributed by atoms with Crippen LogP contribution in [0.5, 0.6) is 0 Å². The van der Waals surface area contributed by atoms with Crippen molar-refractivity contribution >= 4 is 18.0 Å². The third kappa shape index (κ3) is 5.32. The van der Waals surface area contributed by atoms with Gasteiger partial charge in [0.15, 0.2) is 6.10 Å². The van der Waals surface area contributed by atoms with Gasteiger partial charge >= 0.3 is 12.1 Å². The molecule has 184 valence electrons.